The van der Waals surface area contributed by atoms with Gasteiger partial charge < -0.3 is 11.1 Å². The van der Waals surface area contributed by atoms with Gasteiger partial charge in [0.1, 0.15) is 0 Å². The van der Waals surface area contributed by atoms with Gasteiger partial charge in [0.2, 0.25) is 0 Å². The van der Waals surface area contributed by atoms with Gasteiger partial charge in [-0.2, -0.15) is 11.8 Å². The molecule has 98 valence electrons. The number of rotatable bonds is 6. The number of nitrogens with two attached hydrogens (primary N) is 1. The Hall–Kier alpha value is -0.940. The molecule has 18 heavy (non-hydrogen) atoms. The van der Waals surface area contributed by atoms with Crippen LogP contribution in [0.4, 0.5) is 10.8 Å². The van der Waals surface area contributed by atoms with E-state index in [4.69, 9.17) is 5.73 Å². The number of nitrogens with one attached hydrogen (secondary N) is 1. The second-order valence-electron chi connectivity index (χ2n) is 4.28. The molecule has 2 aromatic rings. The van der Waals surface area contributed by atoms with Crippen molar-refractivity contribution in [3.05, 3.63) is 18.2 Å². The first kappa shape index (κ1) is 13.5. The summed E-state index contributed by atoms with van der Waals surface area (Å²) in [5, 5.41) is 4.45. The lowest BCUT2D eigenvalue weighted by Crippen LogP contribution is -2.15. The molecular formula is C13H19N3S2. The molecule has 0 aliphatic carbocycles. The van der Waals surface area contributed by atoms with Crippen LogP contribution < -0.4 is 11.1 Å². The Labute approximate surface area is 116 Å². The van der Waals surface area contributed by atoms with Crippen LogP contribution in [-0.2, 0) is 0 Å². The van der Waals surface area contributed by atoms with E-state index >= 15 is 0 Å². The van der Waals surface area contributed by atoms with E-state index < -0.39 is 0 Å². The molecule has 0 amide bonds. The first-order valence-electron chi connectivity index (χ1n) is 6.19. The molecule has 0 bridgehead atoms. The summed E-state index contributed by atoms with van der Waals surface area (Å²) in [4.78, 5) is 4.57. The number of aromatic nitrogens is 1. The fourth-order valence-electron chi connectivity index (χ4n) is 1.69. The van der Waals surface area contributed by atoms with Crippen molar-refractivity contribution in [3.63, 3.8) is 0 Å². The van der Waals surface area contributed by atoms with Gasteiger partial charge in [-0.3, -0.25) is 0 Å². The highest BCUT2D eigenvalue weighted by Crippen LogP contribution is 2.28. The Bertz CT molecular complexity index is 510. The Morgan fingerprint density at radius 2 is 2.33 bits per heavy atom. The van der Waals surface area contributed by atoms with Crippen molar-refractivity contribution in [2.75, 3.05) is 22.6 Å². The van der Waals surface area contributed by atoms with E-state index in [1.54, 1.807) is 11.3 Å². The average molecular weight is 281 g/mol. The fraction of sp³-hybridized carbons (Fsp3) is 0.462. The summed E-state index contributed by atoms with van der Waals surface area (Å²) in [6, 6.07) is 6.31. The molecule has 1 atom stereocenters. The number of nitrogen functional groups attached to an aromatic ring is 1. The summed E-state index contributed by atoms with van der Waals surface area (Å²) in [5.41, 5.74) is 7.59. The lowest BCUT2D eigenvalue weighted by Gasteiger charge is -2.11. The van der Waals surface area contributed by atoms with Crippen molar-refractivity contribution in [2.24, 2.45) is 0 Å². The highest BCUT2D eigenvalue weighted by molar-refractivity contribution is 7.99. The topological polar surface area (TPSA) is 50.9 Å². The van der Waals surface area contributed by atoms with Gasteiger partial charge in [0.15, 0.2) is 5.13 Å². The van der Waals surface area contributed by atoms with Gasteiger partial charge in [-0.1, -0.05) is 18.3 Å². The van der Waals surface area contributed by atoms with E-state index in [-0.39, 0.29) is 0 Å². The Kier molecular flexibility index (Phi) is 4.72. The number of nitrogens with zero attached hydrogens (tertiary/aromatic N) is 1. The Morgan fingerprint density at radius 1 is 1.50 bits per heavy atom. The molecule has 1 heterocycles. The highest BCUT2D eigenvalue weighted by atomic mass is 32.2. The first-order chi connectivity index (χ1) is 8.69. The zero-order valence-electron chi connectivity index (χ0n) is 10.8. The zero-order valence-corrected chi connectivity index (χ0v) is 12.4. The summed E-state index contributed by atoms with van der Waals surface area (Å²) in [6.45, 7) is 4.40. The molecule has 0 radical (unpaired) electrons. The van der Waals surface area contributed by atoms with Crippen molar-refractivity contribution in [3.8, 4) is 0 Å². The van der Waals surface area contributed by atoms with E-state index in [0.29, 0.717) is 6.04 Å². The highest BCUT2D eigenvalue weighted by Gasteiger charge is 2.07. The summed E-state index contributed by atoms with van der Waals surface area (Å²) in [7, 11) is 0. The third-order valence-electron chi connectivity index (χ3n) is 2.68. The number of thioether (sulfide) groups is 1. The molecule has 1 unspecified atom stereocenters. The molecule has 0 aliphatic heterocycles. The van der Waals surface area contributed by atoms with E-state index in [1.165, 1.54) is 11.5 Å². The van der Waals surface area contributed by atoms with Crippen LogP contribution in [0.25, 0.3) is 10.2 Å². The van der Waals surface area contributed by atoms with Crippen molar-refractivity contribution in [2.45, 2.75) is 26.3 Å². The number of benzene rings is 1. The van der Waals surface area contributed by atoms with E-state index in [2.05, 4.69) is 24.1 Å². The molecule has 0 aliphatic rings. The smallest absolute Gasteiger partial charge is 0.184 e. The van der Waals surface area contributed by atoms with Crippen LogP contribution in [0.3, 0.4) is 0 Å². The van der Waals surface area contributed by atoms with Crippen LogP contribution in [0.2, 0.25) is 0 Å². The molecule has 0 fully saturated rings. The Balaban J connectivity index is 1.98. The maximum absolute atomic E-state index is 5.77. The fourth-order valence-corrected chi connectivity index (χ4v) is 3.52. The maximum Gasteiger partial charge on any atom is 0.184 e. The average Bonchev–Trinajstić information content (AvgIpc) is 2.70. The number of fused-ring (bicyclic) bond motifs is 1. The lowest BCUT2D eigenvalue weighted by atomic mass is 10.3. The lowest BCUT2D eigenvalue weighted by molar-refractivity contribution is 0.771. The molecule has 1 aromatic heterocycles. The van der Waals surface area contributed by atoms with Crippen LogP contribution in [0.15, 0.2) is 18.2 Å². The monoisotopic (exact) mass is 281 g/mol. The van der Waals surface area contributed by atoms with Crippen molar-refractivity contribution in [1.29, 1.82) is 0 Å². The predicted molar refractivity (Wildman–Crippen MR) is 84.7 cm³/mol. The quantitative estimate of drug-likeness (QED) is 0.624. The second-order valence-corrected chi connectivity index (χ2v) is 6.70. The van der Waals surface area contributed by atoms with Crippen molar-refractivity contribution in [1.82, 2.24) is 4.98 Å². The minimum atomic E-state index is 0.460. The van der Waals surface area contributed by atoms with Crippen LogP contribution in [0, 0.1) is 0 Å². The normalized spacial score (nSPS) is 12.8. The summed E-state index contributed by atoms with van der Waals surface area (Å²) >= 11 is 3.65. The maximum atomic E-state index is 5.77. The third kappa shape index (κ3) is 3.53. The van der Waals surface area contributed by atoms with E-state index in [9.17, 15) is 0 Å². The molecular weight excluding hydrogens is 262 g/mol. The van der Waals surface area contributed by atoms with Gasteiger partial charge in [-0.05, 0) is 43.0 Å². The first-order valence-corrected chi connectivity index (χ1v) is 8.16. The standard InChI is InChI=1S/C13H19N3S2/c1-3-17-7-6-9(2)15-13-16-11-5-4-10(14)8-12(11)18-13/h4-5,8-9H,3,6-7,14H2,1-2H3,(H,15,16). The summed E-state index contributed by atoms with van der Waals surface area (Å²) in [5.74, 6) is 2.38. The van der Waals surface area contributed by atoms with Crippen molar-refractivity contribution < 1.29 is 0 Å². The Morgan fingerprint density at radius 3 is 3.11 bits per heavy atom. The van der Waals surface area contributed by atoms with E-state index in [0.717, 1.165) is 27.5 Å². The summed E-state index contributed by atoms with van der Waals surface area (Å²) < 4.78 is 1.15. The zero-order chi connectivity index (χ0) is 13.0. The molecule has 0 saturated carbocycles. The number of hydrogen-bond donors (Lipinski definition) is 2. The molecule has 0 saturated heterocycles. The minimum absolute atomic E-state index is 0.460. The van der Waals surface area contributed by atoms with Gasteiger partial charge >= 0.3 is 0 Å². The summed E-state index contributed by atoms with van der Waals surface area (Å²) in [6.07, 6.45) is 1.16. The largest absolute Gasteiger partial charge is 0.399 e. The molecule has 2 rings (SSSR count). The number of thiazole rings is 1. The van der Waals surface area contributed by atoms with Crippen molar-refractivity contribution >= 4 is 44.1 Å². The van der Waals surface area contributed by atoms with Crippen LogP contribution in [-0.4, -0.2) is 22.5 Å². The predicted octanol–water partition coefficient (Wildman–Crippen LogP) is 3.82. The third-order valence-corrected chi connectivity index (χ3v) is 4.56. The molecule has 0 spiro atoms. The minimum Gasteiger partial charge on any atom is -0.399 e. The molecule has 5 heteroatoms. The van der Waals surface area contributed by atoms with Gasteiger partial charge in [0.25, 0.3) is 0 Å². The van der Waals surface area contributed by atoms with Crippen LogP contribution >= 0.6 is 23.1 Å². The van der Waals surface area contributed by atoms with Crippen LogP contribution in [0.5, 0.6) is 0 Å². The molecule has 3 N–H and O–H groups in total. The van der Waals surface area contributed by atoms with Gasteiger partial charge in [0.05, 0.1) is 10.2 Å². The van der Waals surface area contributed by atoms with Crippen LogP contribution in [0.1, 0.15) is 20.3 Å². The van der Waals surface area contributed by atoms with Gasteiger partial charge in [-0.25, -0.2) is 4.98 Å². The SMILES string of the molecule is CCSCCC(C)Nc1nc2ccc(N)cc2s1. The van der Waals surface area contributed by atoms with Gasteiger partial charge in [0, 0.05) is 11.7 Å². The van der Waals surface area contributed by atoms with Gasteiger partial charge in [-0.15, -0.1) is 0 Å². The number of anilines is 2. The number of hydrogen-bond acceptors (Lipinski definition) is 5. The second kappa shape index (κ2) is 6.29. The molecule has 3 nitrogen and oxygen atoms in total. The van der Waals surface area contributed by atoms with E-state index in [1.807, 2.05) is 30.0 Å². The molecule has 1 aromatic carbocycles.